The summed E-state index contributed by atoms with van der Waals surface area (Å²) in [6, 6.07) is 12.9. The molecule has 10 nitrogen and oxygen atoms in total. The fourth-order valence-electron chi connectivity index (χ4n) is 4.80. The first kappa shape index (κ1) is 39.4. The van der Waals surface area contributed by atoms with Gasteiger partial charge in [-0.05, 0) is 41.7 Å². The highest BCUT2D eigenvalue weighted by molar-refractivity contribution is 5.81. The Morgan fingerprint density at radius 2 is 1.60 bits per heavy atom. The van der Waals surface area contributed by atoms with Crippen LogP contribution < -0.4 is 5.73 Å². The third-order valence-corrected chi connectivity index (χ3v) is 6.92. The minimum Gasteiger partial charge on any atom is -0.475 e. The Kier molecular flexibility index (Phi) is 13.8. The molecule has 0 saturated carbocycles. The topological polar surface area (TPSA) is 141 Å². The molecule has 15 heteroatoms. The monoisotopic (exact) mass is 683 g/mol. The smallest absolute Gasteiger partial charge is 0.475 e. The number of carbonyl (C=O) groups excluding carboxylic acids is 3. The van der Waals surface area contributed by atoms with Crippen molar-refractivity contribution in [1.29, 1.82) is 0 Å². The van der Waals surface area contributed by atoms with Gasteiger partial charge in [0, 0.05) is 43.0 Å². The molecule has 48 heavy (non-hydrogen) atoms. The van der Waals surface area contributed by atoms with Crippen molar-refractivity contribution in [2.75, 3.05) is 20.3 Å². The summed E-state index contributed by atoms with van der Waals surface area (Å²) in [6.07, 6.45) is -3.27. The lowest BCUT2D eigenvalue weighted by atomic mass is 9.82. The molecule has 0 saturated heterocycles. The molecule has 0 aliphatic carbocycles. The summed E-state index contributed by atoms with van der Waals surface area (Å²) in [5.74, 6) is -5.67. The molecule has 2 atom stereocenters. The summed E-state index contributed by atoms with van der Waals surface area (Å²) in [7, 11) is 1.23. The van der Waals surface area contributed by atoms with Gasteiger partial charge >= 0.3 is 24.1 Å². The maximum Gasteiger partial charge on any atom is 0.490 e. The lowest BCUT2D eigenvalue weighted by molar-refractivity contribution is -0.192. The summed E-state index contributed by atoms with van der Waals surface area (Å²) in [5.41, 5.74) is 7.51. The molecule has 0 fully saturated rings. The first-order chi connectivity index (χ1) is 22.3. The highest BCUT2D eigenvalue weighted by Crippen LogP contribution is 2.41. The number of carboxylic acid groups (broad SMARTS) is 1. The maximum atomic E-state index is 14.9. The number of aliphatic carboxylic acids is 1. The number of nitrogens with zero attached hydrogens (tertiary/aromatic N) is 2. The zero-order chi connectivity index (χ0) is 36.4. The maximum absolute atomic E-state index is 14.9. The molecule has 1 heterocycles. The highest BCUT2D eigenvalue weighted by Gasteiger charge is 2.39. The summed E-state index contributed by atoms with van der Waals surface area (Å²) < 4.78 is 72.5. The third-order valence-electron chi connectivity index (χ3n) is 6.92. The molecule has 2 aromatic carbocycles. The van der Waals surface area contributed by atoms with Crippen LogP contribution in [0.15, 0.2) is 60.8 Å². The van der Waals surface area contributed by atoms with Gasteiger partial charge in [0.1, 0.15) is 17.7 Å². The van der Waals surface area contributed by atoms with E-state index in [0.717, 1.165) is 23.8 Å². The summed E-state index contributed by atoms with van der Waals surface area (Å²) in [4.78, 5) is 47.6. The van der Waals surface area contributed by atoms with Crippen molar-refractivity contribution in [3.8, 4) is 11.1 Å². The molecule has 0 bridgehead atoms. The number of methoxy groups -OCH3 is 1. The van der Waals surface area contributed by atoms with E-state index in [1.807, 2.05) is 55.7 Å². The number of amides is 1. The summed E-state index contributed by atoms with van der Waals surface area (Å²) in [5, 5.41) is 7.12. The Balaban J connectivity index is 0.00000103. The Morgan fingerprint density at radius 1 is 1.00 bits per heavy atom. The molecule has 3 N–H and O–H groups in total. The van der Waals surface area contributed by atoms with E-state index in [0.29, 0.717) is 17.8 Å². The van der Waals surface area contributed by atoms with Gasteiger partial charge in [-0.25, -0.2) is 13.6 Å². The molecular weight excluding hydrogens is 645 g/mol. The summed E-state index contributed by atoms with van der Waals surface area (Å²) in [6.45, 7) is 6.92. The van der Waals surface area contributed by atoms with E-state index in [-0.39, 0.29) is 18.5 Å². The van der Waals surface area contributed by atoms with Crippen molar-refractivity contribution < 1.29 is 55.7 Å². The van der Waals surface area contributed by atoms with E-state index in [4.69, 9.17) is 25.1 Å². The molecule has 1 aromatic heterocycles. The van der Waals surface area contributed by atoms with E-state index >= 15 is 0 Å². The lowest BCUT2D eigenvalue weighted by Gasteiger charge is -2.41. The first-order valence-corrected chi connectivity index (χ1v) is 14.5. The van der Waals surface area contributed by atoms with Gasteiger partial charge in [0.2, 0.25) is 0 Å². The van der Waals surface area contributed by atoms with E-state index in [9.17, 15) is 36.3 Å². The molecule has 3 aromatic rings. The number of hydrogen-bond acceptors (Lipinski definition) is 7. The average Bonchev–Trinajstić information content (AvgIpc) is 3.40. The lowest BCUT2D eigenvalue weighted by Crippen LogP contribution is -2.46. The van der Waals surface area contributed by atoms with Crippen molar-refractivity contribution in [3.05, 3.63) is 83.7 Å². The third kappa shape index (κ3) is 11.5. The summed E-state index contributed by atoms with van der Waals surface area (Å²) >= 11 is 0. The van der Waals surface area contributed by atoms with Crippen molar-refractivity contribution >= 4 is 23.8 Å². The van der Waals surface area contributed by atoms with Crippen LogP contribution in [0.3, 0.4) is 0 Å². The standard InChI is InChI=1S/C31H37F2N3O5.C2HF3O2/c1-20(37)41-19-28(38)36(14-13-26(34)30(39)40-5)29(31(2,3)4)27-15-22(24-16-23(32)11-12-25(24)33)18-35(27)17-21-9-7-6-8-10-21;3-2(4,5)1(6)7/h6-12,15-16,18,26,29H,13-14,17,19,34H2,1-5H3;(H,6,7)/t26-,29-;/m0./s1. The zero-order valence-electron chi connectivity index (χ0n) is 27.0. The zero-order valence-corrected chi connectivity index (χ0v) is 27.0. The number of hydrogen-bond donors (Lipinski definition) is 2. The number of halogens is 5. The van der Waals surface area contributed by atoms with Gasteiger partial charge in [0.25, 0.3) is 5.91 Å². The Bertz CT molecular complexity index is 1570. The number of ether oxygens (including phenoxy) is 2. The molecule has 262 valence electrons. The van der Waals surface area contributed by atoms with Crippen LogP contribution in [0, 0.1) is 17.0 Å². The molecule has 0 spiro atoms. The van der Waals surface area contributed by atoms with E-state index in [1.54, 1.807) is 12.3 Å². The molecule has 1 amide bonds. The van der Waals surface area contributed by atoms with E-state index in [1.165, 1.54) is 18.9 Å². The molecule has 0 unspecified atom stereocenters. The van der Waals surface area contributed by atoms with Crippen molar-refractivity contribution in [1.82, 2.24) is 9.47 Å². The normalized spacial score (nSPS) is 12.6. The quantitative estimate of drug-likeness (QED) is 0.200. The van der Waals surface area contributed by atoms with E-state index < -0.39 is 65.7 Å². The Labute approximate surface area is 274 Å². The Hall–Kier alpha value is -4.79. The van der Waals surface area contributed by atoms with Crippen molar-refractivity contribution in [3.63, 3.8) is 0 Å². The van der Waals surface area contributed by atoms with Crippen LogP contribution in [0.5, 0.6) is 0 Å². The number of carboxylic acids is 1. The molecule has 3 rings (SSSR count). The number of carbonyl (C=O) groups is 4. The van der Waals surface area contributed by atoms with Crippen molar-refractivity contribution in [2.45, 2.75) is 58.9 Å². The Morgan fingerprint density at radius 3 is 2.12 bits per heavy atom. The van der Waals surface area contributed by atoms with Crippen molar-refractivity contribution in [2.24, 2.45) is 11.1 Å². The fourth-order valence-corrected chi connectivity index (χ4v) is 4.80. The van der Waals surface area contributed by atoms with Gasteiger partial charge in [-0.15, -0.1) is 0 Å². The van der Waals surface area contributed by atoms with Gasteiger partial charge in [-0.1, -0.05) is 51.1 Å². The number of aromatic nitrogens is 1. The van der Waals surface area contributed by atoms with Crippen LogP contribution in [0.2, 0.25) is 0 Å². The largest absolute Gasteiger partial charge is 0.490 e. The minimum atomic E-state index is -5.08. The van der Waals surface area contributed by atoms with Crippen LogP contribution in [-0.4, -0.2) is 70.9 Å². The second kappa shape index (κ2) is 16.9. The number of alkyl halides is 3. The number of rotatable bonds is 11. The van der Waals surface area contributed by atoms with Gasteiger partial charge in [-0.3, -0.25) is 14.4 Å². The number of benzene rings is 2. The highest BCUT2D eigenvalue weighted by atomic mass is 19.4. The second-order valence-corrected chi connectivity index (χ2v) is 11.7. The van der Waals surface area contributed by atoms with Crippen LogP contribution in [-0.2, 0) is 35.2 Å². The van der Waals surface area contributed by atoms with Crippen LogP contribution in [0.25, 0.3) is 11.1 Å². The van der Waals surface area contributed by atoms with Crippen LogP contribution >= 0.6 is 0 Å². The molecular formula is C33H38F5N3O7. The predicted octanol–water partition coefficient (Wildman–Crippen LogP) is 5.48. The van der Waals surface area contributed by atoms with Gasteiger partial charge in [-0.2, -0.15) is 13.2 Å². The number of esters is 2. The second-order valence-electron chi connectivity index (χ2n) is 11.7. The molecule has 0 aliphatic rings. The van der Waals surface area contributed by atoms with Gasteiger partial charge in [0.15, 0.2) is 6.61 Å². The van der Waals surface area contributed by atoms with Crippen LogP contribution in [0.1, 0.15) is 51.4 Å². The first-order valence-electron chi connectivity index (χ1n) is 14.5. The SMILES string of the molecule is COC(=O)[C@@H](N)CCN(C(=O)COC(C)=O)[C@@H](c1cc(-c2cc(F)ccc2F)cn1Cc1ccccc1)C(C)(C)C.O=C(O)C(F)(F)F. The predicted molar refractivity (Wildman–Crippen MR) is 164 cm³/mol. The van der Waals surface area contributed by atoms with Crippen LogP contribution in [0.4, 0.5) is 22.0 Å². The molecule has 0 aliphatic heterocycles. The number of nitrogens with two attached hydrogens (primary N) is 1. The van der Waals surface area contributed by atoms with Gasteiger partial charge < -0.3 is 29.8 Å². The average molecular weight is 684 g/mol. The molecule has 0 radical (unpaired) electrons. The fraction of sp³-hybridized carbons (Fsp3) is 0.394. The van der Waals surface area contributed by atoms with Gasteiger partial charge in [0.05, 0.1) is 13.2 Å². The minimum absolute atomic E-state index is 0.0402. The van der Waals surface area contributed by atoms with E-state index in [2.05, 4.69) is 0 Å².